The Labute approximate surface area is 69.8 Å². The monoisotopic (exact) mass is 170 g/mol. The summed E-state index contributed by atoms with van der Waals surface area (Å²) in [5, 5.41) is 10.5. The zero-order valence-corrected chi connectivity index (χ0v) is 7.14. The fourth-order valence-electron chi connectivity index (χ4n) is 0.593. The van der Waals surface area contributed by atoms with Crippen molar-refractivity contribution in [2.75, 3.05) is 23.9 Å². The third-order valence-electron chi connectivity index (χ3n) is 1.07. The Morgan fingerprint density at radius 2 is 2.45 bits per heavy atom. The van der Waals surface area contributed by atoms with E-state index in [2.05, 4.69) is 26.8 Å². The van der Waals surface area contributed by atoms with Gasteiger partial charge in [-0.2, -0.15) is 16.9 Å². The molecule has 0 fully saturated rings. The number of nitrogens with zero attached hydrogens (tertiary/aromatic N) is 3. The molecule has 1 rings (SSSR count). The Kier molecular flexibility index (Phi) is 3.68. The Morgan fingerprint density at radius 3 is 3.09 bits per heavy atom. The van der Waals surface area contributed by atoms with Gasteiger partial charge in [0.25, 0.3) is 0 Å². The lowest BCUT2D eigenvalue weighted by Gasteiger charge is -1.99. The molecule has 0 amide bonds. The second-order valence-corrected chi connectivity index (χ2v) is 2.87. The first-order chi connectivity index (χ1) is 5.43. The lowest BCUT2D eigenvalue weighted by atomic mass is 10.7. The molecule has 60 valence electrons. The van der Waals surface area contributed by atoms with Crippen LogP contribution in [0.2, 0.25) is 0 Å². The molecule has 0 saturated heterocycles. The summed E-state index contributed by atoms with van der Waals surface area (Å²) in [7, 11) is 0. The second-order valence-electron chi connectivity index (χ2n) is 1.89. The van der Waals surface area contributed by atoms with Gasteiger partial charge in [-0.3, -0.25) is 0 Å². The number of aromatic nitrogens is 3. The third kappa shape index (κ3) is 3.18. The quantitative estimate of drug-likeness (QED) is 0.672. The molecule has 1 aromatic heterocycles. The molecule has 0 radical (unpaired) electrons. The van der Waals surface area contributed by atoms with E-state index >= 15 is 0 Å². The summed E-state index contributed by atoms with van der Waals surface area (Å²) in [5.41, 5.74) is 0. The molecule has 0 bridgehead atoms. The highest BCUT2D eigenvalue weighted by molar-refractivity contribution is 7.98. The van der Waals surface area contributed by atoms with Crippen LogP contribution in [0.1, 0.15) is 0 Å². The Morgan fingerprint density at radius 1 is 1.55 bits per heavy atom. The molecule has 0 aliphatic carbocycles. The average Bonchev–Trinajstić information content (AvgIpc) is 2.07. The van der Waals surface area contributed by atoms with E-state index in [0.29, 0.717) is 5.95 Å². The van der Waals surface area contributed by atoms with Crippen molar-refractivity contribution in [3.05, 3.63) is 12.4 Å². The maximum atomic E-state index is 3.96. The molecule has 1 heterocycles. The highest BCUT2D eigenvalue weighted by Crippen LogP contribution is 1.93. The van der Waals surface area contributed by atoms with E-state index in [9.17, 15) is 0 Å². The normalized spacial score (nSPS) is 9.55. The molecular formula is C6H10N4S. The highest BCUT2D eigenvalue weighted by Gasteiger charge is 1.90. The van der Waals surface area contributed by atoms with Crippen LogP contribution < -0.4 is 5.32 Å². The zero-order valence-electron chi connectivity index (χ0n) is 6.32. The molecule has 1 aromatic rings. The molecule has 5 heteroatoms. The van der Waals surface area contributed by atoms with Crippen LogP contribution in [0.3, 0.4) is 0 Å². The molecule has 0 aromatic carbocycles. The van der Waals surface area contributed by atoms with Crippen LogP contribution in [0.25, 0.3) is 0 Å². The standard InChI is InChI=1S/C6H10N4S/c1-11-5-4-8-6-7-2-3-9-10-6/h2-3H,4-5H2,1H3,(H,7,8,10). The van der Waals surface area contributed by atoms with Gasteiger partial charge in [0.05, 0.1) is 12.4 Å². The van der Waals surface area contributed by atoms with E-state index in [4.69, 9.17) is 0 Å². The van der Waals surface area contributed by atoms with Crippen molar-refractivity contribution < 1.29 is 0 Å². The number of rotatable bonds is 4. The van der Waals surface area contributed by atoms with Crippen LogP contribution in [0.15, 0.2) is 12.4 Å². The first-order valence-corrected chi connectivity index (χ1v) is 4.69. The van der Waals surface area contributed by atoms with Crippen molar-refractivity contribution in [2.45, 2.75) is 0 Å². The van der Waals surface area contributed by atoms with E-state index in [1.54, 1.807) is 24.2 Å². The number of hydrogen-bond donors (Lipinski definition) is 1. The Balaban J connectivity index is 2.28. The van der Waals surface area contributed by atoms with E-state index in [-0.39, 0.29) is 0 Å². The van der Waals surface area contributed by atoms with Crippen LogP contribution in [-0.2, 0) is 0 Å². The van der Waals surface area contributed by atoms with Crippen molar-refractivity contribution in [3.63, 3.8) is 0 Å². The van der Waals surface area contributed by atoms with Crippen molar-refractivity contribution >= 4 is 17.7 Å². The van der Waals surface area contributed by atoms with Crippen molar-refractivity contribution in [3.8, 4) is 0 Å². The summed E-state index contributed by atoms with van der Waals surface area (Å²) in [5.74, 6) is 1.65. The molecule has 0 spiro atoms. The van der Waals surface area contributed by atoms with Gasteiger partial charge in [0, 0.05) is 12.3 Å². The van der Waals surface area contributed by atoms with E-state index < -0.39 is 0 Å². The van der Waals surface area contributed by atoms with Gasteiger partial charge in [0.1, 0.15) is 0 Å². The number of anilines is 1. The van der Waals surface area contributed by atoms with Crippen molar-refractivity contribution in [1.29, 1.82) is 0 Å². The molecule has 0 unspecified atom stereocenters. The van der Waals surface area contributed by atoms with Crippen molar-refractivity contribution in [1.82, 2.24) is 15.2 Å². The van der Waals surface area contributed by atoms with Gasteiger partial charge in [0.15, 0.2) is 0 Å². The maximum absolute atomic E-state index is 3.96. The minimum atomic E-state index is 0.599. The maximum Gasteiger partial charge on any atom is 0.242 e. The molecule has 0 saturated carbocycles. The van der Waals surface area contributed by atoms with E-state index in [1.807, 2.05) is 0 Å². The summed E-state index contributed by atoms with van der Waals surface area (Å²) in [6.45, 7) is 0.882. The summed E-state index contributed by atoms with van der Waals surface area (Å²) in [6.07, 6.45) is 5.24. The van der Waals surface area contributed by atoms with Crippen molar-refractivity contribution in [2.24, 2.45) is 0 Å². The molecular weight excluding hydrogens is 160 g/mol. The number of hydrogen-bond acceptors (Lipinski definition) is 5. The van der Waals surface area contributed by atoms with Crippen LogP contribution in [-0.4, -0.2) is 33.7 Å². The average molecular weight is 170 g/mol. The molecule has 0 aliphatic heterocycles. The fraction of sp³-hybridized carbons (Fsp3) is 0.500. The Hall–Kier alpha value is -0.840. The highest BCUT2D eigenvalue weighted by atomic mass is 32.2. The lowest BCUT2D eigenvalue weighted by Crippen LogP contribution is -2.07. The summed E-state index contributed by atoms with van der Waals surface area (Å²) in [6, 6.07) is 0. The SMILES string of the molecule is CSCCNc1nccnn1. The van der Waals surface area contributed by atoms with Crippen LogP contribution in [0.4, 0.5) is 5.95 Å². The van der Waals surface area contributed by atoms with E-state index in [1.165, 1.54) is 0 Å². The second kappa shape index (κ2) is 4.90. The third-order valence-corrected chi connectivity index (χ3v) is 1.68. The largest absolute Gasteiger partial charge is 0.352 e. The number of nitrogens with one attached hydrogen (secondary N) is 1. The van der Waals surface area contributed by atoms with Crippen LogP contribution >= 0.6 is 11.8 Å². The van der Waals surface area contributed by atoms with Gasteiger partial charge in [-0.05, 0) is 6.26 Å². The minimum Gasteiger partial charge on any atom is -0.352 e. The topological polar surface area (TPSA) is 50.7 Å². The van der Waals surface area contributed by atoms with Crippen LogP contribution in [0.5, 0.6) is 0 Å². The van der Waals surface area contributed by atoms with Gasteiger partial charge in [-0.15, -0.1) is 5.10 Å². The molecule has 0 atom stereocenters. The molecule has 4 nitrogen and oxygen atoms in total. The van der Waals surface area contributed by atoms with Gasteiger partial charge in [-0.1, -0.05) is 0 Å². The predicted octanol–water partition coefficient (Wildman–Crippen LogP) is 0.646. The summed E-state index contributed by atoms with van der Waals surface area (Å²) >= 11 is 1.78. The zero-order chi connectivity index (χ0) is 7.94. The Bertz CT molecular complexity index is 191. The van der Waals surface area contributed by atoms with Gasteiger partial charge >= 0.3 is 0 Å². The first-order valence-electron chi connectivity index (χ1n) is 3.30. The molecule has 11 heavy (non-hydrogen) atoms. The lowest BCUT2D eigenvalue weighted by molar-refractivity contribution is 0.956. The molecule has 0 aliphatic rings. The summed E-state index contributed by atoms with van der Waals surface area (Å²) < 4.78 is 0. The number of thioether (sulfide) groups is 1. The predicted molar refractivity (Wildman–Crippen MR) is 46.7 cm³/mol. The van der Waals surface area contributed by atoms with Gasteiger partial charge < -0.3 is 5.32 Å². The van der Waals surface area contributed by atoms with Crippen LogP contribution in [0, 0.1) is 0 Å². The fourth-order valence-corrected chi connectivity index (χ4v) is 0.900. The van der Waals surface area contributed by atoms with Gasteiger partial charge in [-0.25, -0.2) is 4.98 Å². The van der Waals surface area contributed by atoms with E-state index in [0.717, 1.165) is 12.3 Å². The molecule has 1 N–H and O–H groups in total. The van der Waals surface area contributed by atoms with Gasteiger partial charge in [0.2, 0.25) is 5.95 Å². The first kappa shape index (κ1) is 8.26. The summed E-state index contributed by atoms with van der Waals surface area (Å²) in [4.78, 5) is 3.96. The smallest absolute Gasteiger partial charge is 0.242 e. The minimum absolute atomic E-state index is 0.599.